The maximum Gasteiger partial charge on any atom is 0.511 e. The minimum Gasteiger partial charge on any atom is -0.494 e. The van der Waals surface area contributed by atoms with Gasteiger partial charge in [-0.3, -0.25) is 4.90 Å². The summed E-state index contributed by atoms with van der Waals surface area (Å²) in [6.07, 6.45) is 4.17. The van der Waals surface area contributed by atoms with E-state index in [1.807, 2.05) is 42.5 Å². The Morgan fingerprint density at radius 3 is 2.52 bits per heavy atom. The van der Waals surface area contributed by atoms with Gasteiger partial charge < -0.3 is 23.8 Å². The number of fused-ring (bicyclic) bond motifs is 1. The summed E-state index contributed by atoms with van der Waals surface area (Å²) in [7, 11) is 0. The first-order valence-electron chi connectivity index (χ1n) is 13.9. The molecule has 1 aliphatic rings. The van der Waals surface area contributed by atoms with Crippen molar-refractivity contribution >= 4 is 45.9 Å². The van der Waals surface area contributed by atoms with Crippen LogP contribution in [0.4, 0.5) is 10.5 Å². The van der Waals surface area contributed by atoms with E-state index >= 15 is 0 Å². The van der Waals surface area contributed by atoms with Gasteiger partial charge in [0.15, 0.2) is 0 Å². The molecule has 3 aromatic rings. The largest absolute Gasteiger partial charge is 0.511 e. The van der Waals surface area contributed by atoms with Gasteiger partial charge in [0, 0.05) is 43.7 Å². The molecule has 4 rings (SSSR count). The number of hydrogen-bond acceptors (Lipinski definition) is 8. The van der Waals surface area contributed by atoms with Crippen molar-refractivity contribution < 1.29 is 23.7 Å². The molecule has 0 amide bonds. The fourth-order valence-corrected chi connectivity index (χ4v) is 4.93. The molecule has 0 unspecified atom stereocenters. The monoisotopic (exact) mass is 589 g/mol. The summed E-state index contributed by atoms with van der Waals surface area (Å²) in [5.41, 5.74) is 1.76. The fraction of sp³-hybridized carbons (Fsp3) is 0.467. The number of anilines is 1. The molecule has 216 valence electrons. The number of halogens is 2. The van der Waals surface area contributed by atoms with Gasteiger partial charge >= 0.3 is 6.16 Å². The molecule has 1 aromatic heterocycles. The van der Waals surface area contributed by atoms with Gasteiger partial charge in [0.1, 0.15) is 5.75 Å². The molecular formula is C30H37Cl2N3O5. The normalized spacial score (nSPS) is 13.8. The Bertz CT molecular complexity index is 1240. The van der Waals surface area contributed by atoms with E-state index in [0.717, 1.165) is 87.2 Å². The van der Waals surface area contributed by atoms with Crippen molar-refractivity contribution in [3.05, 3.63) is 58.6 Å². The predicted molar refractivity (Wildman–Crippen MR) is 159 cm³/mol. The molecule has 0 atom stereocenters. The van der Waals surface area contributed by atoms with E-state index in [4.69, 9.17) is 42.1 Å². The molecule has 0 N–H and O–H groups in total. The van der Waals surface area contributed by atoms with Crippen molar-refractivity contribution in [3.63, 3.8) is 0 Å². The van der Waals surface area contributed by atoms with E-state index in [2.05, 4.69) is 21.7 Å². The first-order valence-corrected chi connectivity index (χ1v) is 14.7. The molecule has 1 aliphatic heterocycles. The van der Waals surface area contributed by atoms with Crippen LogP contribution in [0.5, 0.6) is 11.6 Å². The van der Waals surface area contributed by atoms with E-state index in [1.165, 1.54) is 0 Å². The number of unbranched alkanes of at least 4 members (excludes halogenated alkanes) is 3. The summed E-state index contributed by atoms with van der Waals surface area (Å²) in [6, 6.07) is 15.2. The maximum absolute atomic E-state index is 11.6. The Hall–Kier alpha value is -2.94. The van der Waals surface area contributed by atoms with Gasteiger partial charge in [-0.1, -0.05) is 49.0 Å². The van der Waals surface area contributed by atoms with Crippen molar-refractivity contribution in [1.82, 2.24) is 9.88 Å². The molecule has 40 heavy (non-hydrogen) atoms. The molecule has 0 radical (unpaired) electrons. The number of rotatable bonds is 14. The topological polar surface area (TPSA) is 73.4 Å². The Kier molecular flexibility index (Phi) is 11.8. The number of hydrogen-bond donors (Lipinski definition) is 0. The van der Waals surface area contributed by atoms with Crippen molar-refractivity contribution in [3.8, 4) is 11.6 Å². The zero-order valence-corrected chi connectivity index (χ0v) is 24.5. The van der Waals surface area contributed by atoms with Crippen LogP contribution in [0.25, 0.3) is 10.9 Å². The number of piperazine rings is 1. The highest BCUT2D eigenvalue weighted by atomic mass is 35.5. The summed E-state index contributed by atoms with van der Waals surface area (Å²) in [6.45, 7) is 7.70. The second kappa shape index (κ2) is 15.7. The van der Waals surface area contributed by atoms with Crippen LogP contribution in [-0.4, -0.2) is 68.8 Å². The zero-order chi connectivity index (χ0) is 28.2. The number of pyridine rings is 1. The third-order valence-corrected chi connectivity index (χ3v) is 7.58. The number of ether oxygens (including phenoxy) is 4. The number of aromatic nitrogens is 1. The first-order chi connectivity index (χ1) is 19.5. The van der Waals surface area contributed by atoms with E-state index in [9.17, 15) is 4.79 Å². The quantitative estimate of drug-likeness (QED) is 0.111. The maximum atomic E-state index is 11.6. The van der Waals surface area contributed by atoms with E-state index in [0.29, 0.717) is 29.1 Å². The summed E-state index contributed by atoms with van der Waals surface area (Å²) >= 11 is 12.6. The van der Waals surface area contributed by atoms with Crippen molar-refractivity contribution in [2.24, 2.45) is 0 Å². The van der Waals surface area contributed by atoms with Crippen molar-refractivity contribution in [1.29, 1.82) is 0 Å². The van der Waals surface area contributed by atoms with Crippen LogP contribution < -0.4 is 14.4 Å². The molecule has 8 nitrogen and oxygen atoms in total. The van der Waals surface area contributed by atoms with Crippen LogP contribution >= 0.6 is 23.2 Å². The lowest BCUT2D eigenvalue weighted by Crippen LogP contribution is -2.46. The average Bonchev–Trinajstić information content (AvgIpc) is 2.97. The molecule has 0 spiro atoms. The molecule has 0 bridgehead atoms. The summed E-state index contributed by atoms with van der Waals surface area (Å²) in [5, 5.41) is 2.19. The van der Waals surface area contributed by atoms with E-state index in [-0.39, 0.29) is 6.79 Å². The van der Waals surface area contributed by atoms with Crippen LogP contribution in [0.3, 0.4) is 0 Å². The van der Waals surface area contributed by atoms with Crippen LogP contribution in [-0.2, 0) is 9.47 Å². The predicted octanol–water partition coefficient (Wildman–Crippen LogP) is 7.20. The molecule has 10 heteroatoms. The lowest BCUT2D eigenvalue weighted by molar-refractivity contribution is 0.00271. The highest BCUT2D eigenvalue weighted by Gasteiger charge is 2.19. The second-order valence-electron chi connectivity index (χ2n) is 9.67. The summed E-state index contributed by atoms with van der Waals surface area (Å²) < 4.78 is 21.4. The third kappa shape index (κ3) is 9.04. The number of carbonyl (C=O) groups excluding carboxylic acids is 1. The minimum atomic E-state index is -0.739. The van der Waals surface area contributed by atoms with Gasteiger partial charge in [-0.2, -0.15) is 0 Å². The fourth-order valence-electron chi connectivity index (χ4n) is 4.51. The highest BCUT2D eigenvalue weighted by Crippen LogP contribution is 2.33. The minimum absolute atomic E-state index is 0.259. The van der Waals surface area contributed by atoms with E-state index < -0.39 is 6.16 Å². The van der Waals surface area contributed by atoms with Crippen molar-refractivity contribution in [2.45, 2.75) is 39.0 Å². The highest BCUT2D eigenvalue weighted by molar-refractivity contribution is 6.43. The lowest BCUT2D eigenvalue weighted by atomic mass is 10.2. The van der Waals surface area contributed by atoms with Crippen LogP contribution in [0.2, 0.25) is 10.0 Å². The van der Waals surface area contributed by atoms with Crippen LogP contribution in [0, 0.1) is 0 Å². The lowest BCUT2D eigenvalue weighted by Gasteiger charge is -2.36. The Labute approximate surface area is 246 Å². The smallest absolute Gasteiger partial charge is 0.494 e. The van der Waals surface area contributed by atoms with E-state index in [1.54, 1.807) is 6.07 Å². The SMILES string of the molecule is CCCCCOC(=O)OCOc1ccc2ccc(OCCCCN3CCN(c4cccc(Cl)c4Cl)CC3)cc2n1. The molecule has 0 saturated carbocycles. The molecule has 1 saturated heterocycles. The molecule has 1 fully saturated rings. The van der Waals surface area contributed by atoms with Crippen LogP contribution in [0.15, 0.2) is 48.5 Å². The Balaban J connectivity index is 1.14. The molecular weight excluding hydrogens is 553 g/mol. The van der Waals surface area contributed by atoms with Gasteiger partial charge in [0.05, 0.1) is 34.5 Å². The number of nitrogens with zero attached hydrogens (tertiary/aromatic N) is 3. The van der Waals surface area contributed by atoms with Crippen LogP contribution in [0.1, 0.15) is 39.0 Å². The molecule has 2 heterocycles. The standard InChI is InChI=1S/C30H37Cl2N3O5/c1-2-3-5-20-38-30(36)40-22-39-28-13-11-23-10-12-24(21-26(23)33-28)37-19-6-4-14-34-15-17-35(18-16-34)27-9-7-8-25(31)29(27)32/h7-13,21H,2-6,14-20,22H2,1H3. The summed E-state index contributed by atoms with van der Waals surface area (Å²) in [5.74, 6) is 1.12. The summed E-state index contributed by atoms with van der Waals surface area (Å²) in [4.78, 5) is 20.9. The van der Waals surface area contributed by atoms with Gasteiger partial charge in [-0.25, -0.2) is 9.78 Å². The van der Waals surface area contributed by atoms with Gasteiger partial charge in [0.2, 0.25) is 12.7 Å². The third-order valence-electron chi connectivity index (χ3n) is 6.77. The zero-order valence-electron chi connectivity index (χ0n) is 23.0. The van der Waals surface area contributed by atoms with Gasteiger partial charge in [-0.15, -0.1) is 0 Å². The number of benzene rings is 2. The Morgan fingerprint density at radius 2 is 1.70 bits per heavy atom. The number of carbonyl (C=O) groups is 1. The van der Waals surface area contributed by atoms with Crippen molar-refractivity contribution in [2.75, 3.05) is 57.6 Å². The second-order valence-corrected chi connectivity index (χ2v) is 10.5. The average molecular weight is 591 g/mol. The molecule has 2 aromatic carbocycles. The molecule has 0 aliphatic carbocycles. The Morgan fingerprint density at radius 1 is 0.900 bits per heavy atom. The first kappa shape index (κ1) is 30.0. The van der Waals surface area contributed by atoms with Gasteiger partial charge in [-0.05, 0) is 56.1 Å². The van der Waals surface area contributed by atoms with Gasteiger partial charge in [0.25, 0.3) is 0 Å².